The summed E-state index contributed by atoms with van der Waals surface area (Å²) in [5.41, 5.74) is 5.07. The van der Waals surface area contributed by atoms with E-state index in [0.717, 1.165) is 12.0 Å². The molecule has 0 aromatic heterocycles. The Labute approximate surface area is 149 Å². The van der Waals surface area contributed by atoms with E-state index in [1.807, 2.05) is 0 Å². The van der Waals surface area contributed by atoms with Crippen molar-refractivity contribution in [2.75, 3.05) is 0 Å². The smallest absolute Gasteiger partial charge is 0.0259 e. The largest absolute Gasteiger partial charge is 0.308 e. The van der Waals surface area contributed by atoms with Crippen molar-refractivity contribution >= 4 is 23.1 Å². The highest BCUT2D eigenvalue weighted by atomic mass is 14.4. The molecule has 0 saturated carbocycles. The van der Waals surface area contributed by atoms with Crippen molar-refractivity contribution in [2.45, 2.75) is 31.6 Å². The van der Waals surface area contributed by atoms with E-state index in [1.54, 1.807) is 0 Å². The molecule has 0 saturated heterocycles. The van der Waals surface area contributed by atoms with Crippen LogP contribution in [0, 0.1) is 5.41 Å². The molecule has 1 aliphatic carbocycles. The SMILES string of the molecule is CC(C)(CC1C=Cc2ccccc21)c1ccc2ccccc2c1C=N. The maximum Gasteiger partial charge on any atom is 0.0259 e. The maximum absolute atomic E-state index is 8.01. The highest BCUT2D eigenvalue weighted by Gasteiger charge is 2.29. The van der Waals surface area contributed by atoms with Gasteiger partial charge < -0.3 is 5.41 Å². The van der Waals surface area contributed by atoms with Crippen LogP contribution >= 0.6 is 0 Å². The van der Waals surface area contributed by atoms with Gasteiger partial charge in [0.15, 0.2) is 0 Å². The van der Waals surface area contributed by atoms with Gasteiger partial charge in [-0.25, -0.2) is 0 Å². The lowest BCUT2D eigenvalue weighted by Crippen LogP contribution is -2.22. The molecule has 0 bridgehead atoms. The van der Waals surface area contributed by atoms with Gasteiger partial charge in [0, 0.05) is 17.7 Å². The van der Waals surface area contributed by atoms with Crippen LogP contribution in [0.1, 0.15) is 48.4 Å². The topological polar surface area (TPSA) is 23.9 Å². The molecule has 1 unspecified atom stereocenters. The number of fused-ring (bicyclic) bond motifs is 2. The molecule has 124 valence electrons. The van der Waals surface area contributed by atoms with E-state index in [4.69, 9.17) is 5.41 Å². The fraction of sp³-hybridized carbons (Fsp3) is 0.208. The Balaban J connectivity index is 1.75. The quantitative estimate of drug-likeness (QED) is 0.543. The van der Waals surface area contributed by atoms with Gasteiger partial charge in [0.1, 0.15) is 0 Å². The number of allylic oxidation sites excluding steroid dienone is 1. The Bertz CT molecular complexity index is 978. The lowest BCUT2D eigenvalue weighted by atomic mass is 9.73. The molecule has 4 rings (SSSR count). The van der Waals surface area contributed by atoms with Crippen molar-refractivity contribution in [3.05, 3.63) is 89.0 Å². The number of benzene rings is 3. The summed E-state index contributed by atoms with van der Waals surface area (Å²) in [4.78, 5) is 0. The third-order valence-corrected chi connectivity index (χ3v) is 5.48. The predicted molar refractivity (Wildman–Crippen MR) is 108 cm³/mol. The maximum atomic E-state index is 8.01. The normalized spacial score (nSPS) is 16.2. The highest BCUT2D eigenvalue weighted by Crippen LogP contribution is 2.42. The molecule has 0 radical (unpaired) electrons. The first-order valence-corrected chi connectivity index (χ1v) is 8.90. The first-order chi connectivity index (χ1) is 12.1. The van der Waals surface area contributed by atoms with Gasteiger partial charge in [0.05, 0.1) is 0 Å². The van der Waals surface area contributed by atoms with Crippen LogP contribution in [0.2, 0.25) is 0 Å². The van der Waals surface area contributed by atoms with Gasteiger partial charge in [-0.1, -0.05) is 86.7 Å². The van der Waals surface area contributed by atoms with Crippen LogP contribution in [0.4, 0.5) is 0 Å². The van der Waals surface area contributed by atoms with E-state index >= 15 is 0 Å². The van der Waals surface area contributed by atoms with Crippen molar-refractivity contribution < 1.29 is 0 Å². The highest BCUT2D eigenvalue weighted by molar-refractivity contribution is 6.00. The average Bonchev–Trinajstić information content (AvgIpc) is 3.03. The van der Waals surface area contributed by atoms with Crippen LogP contribution in [-0.2, 0) is 5.41 Å². The van der Waals surface area contributed by atoms with Crippen LogP contribution in [0.3, 0.4) is 0 Å². The van der Waals surface area contributed by atoms with Gasteiger partial charge in [0.2, 0.25) is 0 Å². The zero-order valence-corrected chi connectivity index (χ0v) is 14.8. The molecular formula is C24H23N. The Morgan fingerprint density at radius 3 is 2.56 bits per heavy atom. The third-order valence-electron chi connectivity index (χ3n) is 5.48. The van der Waals surface area contributed by atoms with Crippen LogP contribution < -0.4 is 0 Å². The fourth-order valence-electron chi connectivity index (χ4n) is 4.20. The van der Waals surface area contributed by atoms with Crippen LogP contribution in [0.5, 0.6) is 0 Å². The number of rotatable bonds is 4. The molecule has 3 aromatic carbocycles. The lowest BCUT2D eigenvalue weighted by Gasteiger charge is -2.30. The summed E-state index contributed by atoms with van der Waals surface area (Å²) in [6.07, 6.45) is 7.14. The molecule has 1 nitrogen and oxygen atoms in total. The molecule has 0 spiro atoms. The standard InChI is InChI=1S/C24H23N/c1-24(2,15-19-12-11-17-7-3-5-9-20(17)19)23-14-13-18-8-4-6-10-21(18)22(23)16-25/h3-14,16,19,25H,15H2,1-2H3. The summed E-state index contributed by atoms with van der Waals surface area (Å²) in [5.74, 6) is 0.441. The van der Waals surface area contributed by atoms with Gasteiger partial charge in [-0.05, 0) is 39.3 Å². The van der Waals surface area contributed by atoms with Crippen molar-refractivity contribution in [3.8, 4) is 0 Å². The van der Waals surface area contributed by atoms with Gasteiger partial charge in [-0.3, -0.25) is 0 Å². The first-order valence-electron chi connectivity index (χ1n) is 8.90. The molecule has 0 heterocycles. The molecule has 0 amide bonds. The summed E-state index contributed by atoms with van der Waals surface area (Å²) < 4.78 is 0. The van der Waals surface area contributed by atoms with E-state index in [1.165, 1.54) is 33.7 Å². The summed E-state index contributed by atoms with van der Waals surface area (Å²) in [6.45, 7) is 4.61. The molecule has 3 aromatic rings. The van der Waals surface area contributed by atoms with E-state index in [2.05, 4.69) is 86.7 Å². The minimum Gasteiger partial charge on any atom is -0.308 e. The predicted octanol–water partition coefficient (Wildman–Crippen LogP) is 6.32. The number of hydrogen-bond donors (Lipinski definition) is 1. The van der Waals surface area contributed by atoms with Crippen molar-refractivity contribution in [1.29, 1.82) is 5.41 Å². The molecule has 1 N–H and O–H groups in total. The minimum absolute atomic E-state index is 0.0105. The first kappa shape index (κ1) is 15.8. The third kappa shape index (κ3) is 2.70. The molecule has 0 fully saturated rings. The van der Waals surface area contributed by atoms with Crippen molar-refractivity contribution in [3.63, 3.8) is 0 Å². The van der Waals surface area contributed by atoms with E-state index in [0.29, 0.717) is 5.92 Å². The number of hydrogen-bond acceptors (Lipinski definition) is 1. The molecular weight excluding hydrogens is 302 g/mol. The summed E-state index contributed by atoms with van der Waals surface area (Å²) in [6, 6.07) is 21.4. The van der Waals surface area contributed by atoms with Crippen LogP contribution in [-0.4, -0.2) is 6.21 Å². The lowest BCUT2D eigenvalue weighted by molar-refractivity contribution is 0.458. The second-order valence-electron chi connectivity index (χ2n) is 7.57. The average molecular weight is 325 g/mol. The Morgan fingerprint density at radius 2 is 1.72 bits per heavy atom. The van der Waals surface area contributed by atoms with Crippen molar-refractivity contribution in [2.24, 2.45) is 0 Å². The van der Waals surface area contributed by atoms with E-state index < -0.39 is 0 Å². The molecule has 25 heavy (non-hydrogen) atoms. The second-order valence-corrected chi connectivity index (χ2v) is 7.57. The van der Waals surface area contributed by atoms with Gasteiger partial charge >= 0.3 is 0 Å². The van der Waals surface area contributed by atoms with Crippen molar-refractivity contribution in [1.82, 2.24) is 0 Å². The molecule has 1 aliphatic rings. The fourth-order valence-corrected chi connectivity index (χ4v) is 4.20. The Morgan fingerprint density at radius 1 is 0.960 bits per heavy atom. The van der Waals surface area contributed by atoms with E-state index in [-0.39, 0.29) is 5.41 Å². The van der Waals surface area contributed by atoms with Gasteiger partial charge in [0.25, 0.3) is 0 Å². The zero-order valence-electron chi connectivity index (χ0n) is 14.8. The van der Waals surface area contributed by atoms with Crippen LogP contribution in [0.25, 0.3) is 16.8 Å². The van der Waals surface area contributed by atoms with Gasteiger partial charge in [-0.15, -0.1) is 0 Å². The summed E-state index contributed by atoms with van der Waals surface area (Å²) >= 11 is 0. The molecule has 0 aliphatic heterocycles. The van der Waals surface area contributed by atoms with E-state index in [9.17, 15) is 0 Å². The Kier molecular flexibility index (Phi) is 3.80. The zero-order chi connectivity index (χ0) is 17.4. The Hall–Kier alpha value is -2.67. The summed E-state index contributed by atoms with van der Waals surface area (Å²) in [7, 11) is 0. The molecule has 1 atom stereocenters. The van der Waals surface area contributed by atoms with Crippen LogP contribution in [0.15, 0.2) is 66.7 Å². The molecule has 1 heteroatoms. The monoisotopic (exact) mass is 325 g/mol. The minimum atomic E-state index is -0.0105. The second kappa shape index (κ2) is 6.00. The summed E-state index contributed by atoms with van der Waals surface area (Å²) in [5, 5.41) is 10.4. The number of nitrogens with one attached hydrogen (secondary N) is 1. The van der Waals surface area contributed by atoms with Gasteiger partial charge in [-0.2, -0.15) is 0 Å².